The molecule has 4 N–H and O–H groups in total. The van der Waals surface area contributed by atoms with Gasteiger partial charge in [-0.05, 0) is 33.8 Å². The number of alkyl halides is 1. The second kappa shape index (κ2) is 8.97. The molecule has 172 valence electrons. The third-order valence-corrected chi connectivity index (χ3v) is 4.86. The van der Waals surface area contributed by atoms with Gasteiger partial charge < -0.3 is 20.8 Å². The molecule has 9 nitrogen and oxygen atoms in total. The van der Waals surface area contributed by atoms with Crippen LogP contribution in [0.4, 0.5) is 10.1 Å². The maximum atomic E-state index is 14.1. The van der Waals surface area contributed by atoms with Gasteiger partial charge in [-0.25, -0.2) is 13.9 Å². The lowest BCUT2D eigenvalue weighted by molar-refractivity contribution is -0.00178. The number of pyridine rings is 1. The van der Waals surface area contributed by atoms with Crippen molar-refractivity contribution in [3.63, 3.8) is 0 Å². The number of nitrogens with one attached hydrogen (secondary N) is 2. The van der Waals surface area contributed by atoms with Crippen LogP contribution in [0, 0.1) is 0 Å². The van der Waals surface area contributed by atoms with Gasteiger partial charge in [0.15, 0.2) is 5.65 Å². The first-order valence-electron chi connectivity index (χ1n) is 9.95. The van der Waals surface area contributed by atoms with E-state index in [4.69, 9.17) is 11.6 Å². The normalized spacial score (nSPS) is 13.2. The standard InChI is InChI=1S/C21H26ClFN6O3/c1-20(2,31)11-27-16-5-15(13-8-28-29-10-12(22)6-25-18(13)29)24-7-14(16)19(30)26-9-17(23)21(3,4)32/h5-8,10,17,31-32H,9,11H2,1-4H3,(H,24,27)(H,26,30). The molecule has 0 radical (unpaired) electrons. The summed E-state index contributed by atoms with van der Waals surface area (Å²) in [7, 11) is 0. The summed E-state index contributed by atoms with van der Waals surface area (Å²) in [5.74, 6) is -0.570. The van der Waals surface area contributed by atoms with Crippen molar-refractivity contribution in [2.75, 3.05) is 18.4 Å². The minimum Gasteiger partial charge on any atom is -0.389 e. The maximum absolute atomic E-state index is 14.1. The number of halogens is 2. The molecule has 3 aromatic heterocycles. The third kappa shape index (κ3) is 5.70. The van der Waals surface area contributed by atoms with Crippen LogP contribution < -0.4 is 10.6 Å². The molecule has 3 aromatic rings. The molecule has 1 unspecified atom stereocenters. The molecule has 0 bridgehead atoms. The number of anilines is 1. The zero-order valence-corrected chi connectivity index (χ0v) is 19.0. The highest BCUT2D eigenvalue weighted by Gasteiger charge is 2.27. The van der Waals surface area contributed by atoms with E-state index in [1.54, 1.807) is 32.3 Å². The van der Waals surface area contributed by atoms with Gasteiger partial charge in [0.25, 0.3) is 5.91 Å². The minimum absolute atomic E-state index is 0.148. The predicted octanol–water partition coefficient (Wildman–Crippen LogP) is 2.47. The highest BCUT2D eigenvalue weighted by Crippen LogP contribution is 2.27. The fourth-order valence-electron chi connectivity index (χ4n) is 2.80. The zero-order chi connectivity index (χ0) is 23.7. The molecule has 0 aliphatic carbocycles. The molecule has 3 rings (SSSR count). The zero-order valence-electron chi connectivity index (χ0n) is 18.2. The maximum Gasteiger partial charge on any atom is 0.255 e. The number of rotatable bonds is 8. The molecule has 0 saturated carbocycles. The van der Waals surface area contributed by atoms with E-state index in [0.29, 0.717) is 27.6 Å². The molecule has 0 saturated heterocycles. The quantitative estimate of drug-likeness (QED) is 0.403. The topological polar surface area (TPSA) is 125 Å². The number of carbonyl (C=O) groups excluding carboxylic acids is 1. The molecule has 0 aliphatic rings. The lowest BCUT2D eigenvalue weighted by Gasteiger charge is -2.23. The molecule has 1 atom stereocenters. The van der Waals surface area contributed by atoms with Gasteiger partial charge in [0.05, 0.1) is 57.7 Å². The Morgan fingerprint density at radius 2 is 1.94 bits per heavy atom. The molecule has 3 heterocycles. The predicted molar refractivity (Wildman–Crippen MR) is 120 cm³/mol. The van der Waals surface area contributed by atoms with Gasteiger partial charge in [-0.1, -0.05) is 11.6 Å². The average molecular weight is 465 g/mol. The van der Waals surface area contributed by atoms with E-state index in [1.807, 2.05) is 0 Å². The van der Waals surface area contributed by atoms with Crippen LogP contribution in [0.2, 0.25) is 5.02 Å². The van der Waals surface area contributed by atoms with Crippen molar-refractivity contribution in [3.05, 3.63) is 41.4 Å². The first kappa shape index (κ1) is 23.8. The Balaban J connectivity index is 1.94. The Bertz CT molecular complexity index is 1120. The molecule has 0 fully saturated rings. The van der Waals surface area contributed by atoms with Gasteiger partial charge in [0.2, 0.25) is 0 Å². The Labute approximate surface area is 189 Å². The molecular weight excluding hydrogens is 439 g/mol. The molecule has 32 heavy (non-hydrogen) atoms. The highest BCUT2D eigenvalue weighted by molar-refractivity contribution is 6.30. The van der Waals surface area contributed by atoms with Crippen molar-refractivity contribution in [2.24, 2.45) is 0 Å². The Hall–Kier alpha value is -2.82. The van der Waals surface area contributed by atoms with Gasteiger partial charge in [-0.2, -0.15) is 5.10 Å². The van der Waals surface area contributed by atoms with Crippen LogP contribution in [0.25, 0.3) is 16.9 Å². The van der Waals surface area contributed by atoms with Gasteiger partial charge in [0.1, 0.15) is 6.17 Å². The van der Waals surface area contributed by atoms with Crippen molar-refractivity contribution < 1.29 is 19.4 Å². The van der Waals surface area contributed by atoms with Crippen molar-refractivity contribution in [1.29, 1.82) is 0 Å². The molecule has 11 heteroatoms. The van der Waals surface area contributed by atoms with Crippen LogP contribution in [-0.2, 0) is 0 Å². The molecule has 0 spiro atoms. The minimum atomic E-state index is -1.65. The number of nitrogens with zero attached hydrogens (tertiary/aromatic N) is 4. The van der Waals surface area contributed by atoms with E-state index in [9.17, 15) is 19.4 Å². The summed E-state index contributed by atoms with van der Waals surface area (Å²) in [6.45, 7) is 5.68. The lowest BCUT2D eigenvalue weighted by atomic mass is 10.0. The number of amides is 1. The number of fused-ring (bicyclic) bond motifs is 1. The first-order chi connectivity index (χ1) is 14.8. The average Bonchev–Trinajstić information content (AvgIpc) is 3.11. The molecule has 0 aromatic carbocycles. The Morgan fingerprint density at radius 1 is 1.22 bits per heavy atom. The fourth-order valence-corrected chi connectivity index (χ4v) is 2.94. The number of aliphatic hydroxyl groups is 2. The molecular formula is C21H26ClFN6O3. The summed E-state index contributed by atoms with van der Waals surface area (Å²) in [4.78, 5) is 21.4. The first-order valence-corrected chi connectivity index (χ1v) is 10.3. The summed E-state index contributed by atoms with van der Waals surface area (Å²) >= 11 is 5.96. The van der Waals surface area contributed by atoms with E-state index in [2.05, 4.69) is 25.7 Å². The van der Waals surface area contributed by atoms with Crippen LogP contribution in [0.3, 0.4) is 0 Å². The second-order valence-electron chi connectivity index (χ2n) is 8.71. The van der Waals surface area contributed by atoms with E-state index in [-0.39, 0.29) is 18.7 Å². The van der Waals surface area contributed by atoms with E-state index >= 15 is 0 Å². The van der Waals surface area contributed by atoms with Gasteiger partial charge >= 0.3 is 0 Å². The van der Waals surface area contributed by atoms with Crippen LogP contribution in [-0.4, -0.2) is 66.2 Å². The van der Waals surface area contributed by atoms with Crippen molar-refractivity contribution in [3.8, 4) is 11.3 Å². The lowest BCUT2D eigenvalue weighted by Crippen LogP contribution is -2.42. The second-order valence-corrected chi connectivity index (χ2v) is 9.15. The van der Waals surface area contributed by atoms with Crippen molar-refractivity contribution in [1.82, 2.24) is 24.9 Å². The molecule has 0 aliphatic heterocycles. The summed E-state index contributed by atoms with van der Waals surface area (Å²) in [5.41, 5.74) is -0.454. The number of hydrogen-bond acceptors (Lipinski definition) is 7. The van der Waals surface area contributed by atoms with E-state index in [1.165, 1.54) is 30.8 Å². The number of hydrogen-bond donors (Lipinski definition) is 4. The Morgan fingerprint density at radius 3 is 2.59 bits per heavy atom. The number of aromatic nitrogens is 4. The van der Waals surface area contributed by atoms with Crippen LogP contribution in [0.5, 0.6) is 0 Å². The third-order valence-electron chi connectivity index (χ3n) is 4.67. The summed E-state index contributed by atoms with van der Waals surface area (Å²) in [5, 5.41) is 30.0. The van der Waals surface area contributed by atoms with E-state index < -0.39 is 23.3 Å². The smallest absolute Gasteiger partial charge is 0.255 e. The van der Waals surface area contributed by atoms with Crippen LogP contribution >= 0.6 is 11.6 Å². The fraction of sp³-hybridized carbons (Fsp3) is 0.429. The highest BCUT2D eigenvalue weighted by atomic mass is 35.5. The van der Waals surface area contributed by atoms with E-state index in [0.717, 1.165) is 0 Å². The number of carbonyl (C=O) groups is 1. The van der Waals surface area contributed by atoms with Gasteiger partial charge in [-0.15, -0.1) is 0 Å². The van der Waals surface area contributed by atoms with Crippen LogP contribution in [0.15, 0.2) is 30.9 Å². The molecule has 1 amide bonds. The Kier molecular flexibility index (Phi) is 6.68. The van der Waals surface area contributed by atoms with Crippen LogP contribution in [0.1, 0.15) is 38.1 Å². The van der Waals surface area contributed by atoms with Crippen molar-refractivity contribution in [2.45, 2.75) is 45.1 Å². The summed E-state index contributed by atoms with van der Waals surface area (Å²) in [6, 6.07) is 1.64. The monoisotopic (exact) mass is 464 g/mol. The largest absolute Gasteiger partial charge is 0.389 e. The van der Waals surface area contributed by atoms with Gasteiger partial charge in [0, 0.05) is 18.9 Å². The van der Waals surface area contributed by atoms with Crippen molar-refractivity contribution >= 4 is 28.8 Å². The van der Waals surface area contributed by atoms with Gasteiger partial charge in [-0.3, -0.25) is 9.78 Å². The summed E-state index contributed by atoms with van der Waals surface area (Å²) < 4.78 is 15.6. The summed E-state index contributed by atoms with van der Waals surface area (Å²) in [6.07, 6.45) is 4.39. The SMILES string of the molecule is CC(C)(O)CNc1cc(-c2cnn3cc(Cl)cnc23)ncc1C(=O)NCC(F)C(C)(C)O.